The lowest BCUT2D eigenvalue weighted by molar-refractivity contribution is -0.133. The highest BCUT2D eigenvalue weighted by Crippen LogP contribution is 2.23. The number of furan rings is 1. The Hall–Kier alpha value is -3.02. The van der Waals surface area contributed by atoms with Gasteiger partial charge in [-0.3, -0.25) is 4.79 Å². The summed E-state index contributed by atoms with van der Waals surface area (Å²) in [6.07, 6.45) is 7.59. The van der Waals surface area contributed by atoms with Gasteiger partial charge >= 0.3 is 5.97 Å². The molecule has 0 saturated carbocycles. The van der Waals surface area contributed by atoms with Crippen LogP contribution in [0.15, 0.2) is 58.9 Å². The normalized spacial score (nSPS) is 13.6. The summed E-state index contributed by atoms with van der Waals surface area (Å²) in [6, 6.07) is 10.3. The largest absolute Gasteiger partial charge is 0.497 e. The van der Waals surface area contributed by atoms with E-state index in [1.54, 1.807) is 41.5 Å². The van der Waals surface area contributed by atoms with Crippen molar-refractivity contribution in [3.63, 3.8) is 0 Å². The van der Waals surface area contributed by atoms with Crippen LogP contribution in [0.2, 0.25) is 0 Å². The van der Waals surface area contributed by atoms with Gasteiger partial charge in [0.2, 0.25) is 0 Å². The van der Waals surface area contributed by atoms with Crippen molar-refractivity contribution in [3.05, 3.63) is 65.8 Å². The predicted octanol–water partition coefficient (Wildman–Crippen LogP) is 3.93. The summed E-state index contributed by atoms with van der Waals surface area (Å²) in [5, 5.41) is 0. The van der Waals surface area contributed by atoms with E-state index in [2.05, 4.69) is 6.08 Å². The highest BCUT2D eigenvalue weighted by Gasteiger charge is 2.22. The molecule has 1 aliphatic rings. The standard InChI is InChI=1S/C21H23NO5/c1-25-18-10-5-7-16(13-18)21(24)27-15-20(23)22(14-19-11-6-12-26-19)17-8-3-2-4-9-17/h5-8,10-13H,2-4,9,14-15H2,1H3. The molecule has 0 spiro atoms. The number of hydrogen-bond donors (Lipinski definition) is 0. The zero-order valence-electron chi connectivity index (χ0n) is 15.3. The maximum absolute atomic E-state index is 12.8. The second-order valence-electron chi connectivity index (χ2n) is 6.31. The number of amides is 1. The zero-order valence-corrected chi connectivity index (χ0v) is 15.3. The molecule has 0 aliphatic heterocycles. The SMILES string of the molecule is COc1cccc(C(=O)OCC(=O)N(Cc2ccco2)C2=CCCCC2)c1. The number of ether oxygens (including phenoxy) is 2. The fourth-order valence-electron chi connectivity index (χ4n) is 3.01. The Morgan fingerprint density at radius 3 is 2.78 bits per heavy atom. The molecule has 3 rings (SSSR count). The molecule has 6 nitrogen and oxygen atoms in total. The minimum absolute atomic E-state index is 0.268. The highest BCUT2D eigenvalue weighted by atomic mass is 16.5. The molecule has 1 aliphatic carbocycles. The second kappa shape index (κ2) is 9.07. The Morgan fingerprint density at radius 1 is 1.19 bits per heavy atom. The van der Waals surface area contributed by atoms with E-state index in [1.807, 2.05) is 6.07 Å². The van der Waals surface area contributed by atoms with Gasteiger partial charge in [0.15, 0.2) is 6.61 Å². The summed E-state index contributed by atoms with van der Waals surface area (Å²) in [5.74, 6) is 0.421. The van der Waals surface area contributed by atoms with Gasteiger partial charge in [-0.2, -0.15) is 0 Å². The Labute approximate surface area is 158 Å². The van der Waals surface area contributed by atoms with Gasteiger partial charge in [-0.15, -0.1) is 0 Å². The monoisotopic (exact) mass is 369 g/mol. The molecule has 142 valence electrons. The van der Waals surface area contributed by atoms with Gasteiger partial charge in [-0.05, 0) is 56.0 Å². The molecule has 6 heteroatoms. The molecule has 0 atom stereocenters. The van der Waals surface area contributed by atoms with Crippen LogP contribution in [0, 0.1) is 0 Å². The van der Waals surface area contributed by atoms with E-state index < -0.39 is 5.97 Å². The molecule has 0 saturated heterocycles. The van der Waals surface area contributed by atoms with E-state index in [-0.39, 0.29) is 12.5 Å². The van der Waals surface area contributed by atoms with Crippen LogP contribution in [0.5, 0.6) is 5.75 Å². The lowest BCUT2D eigenvalue weighted by Gasteiger charge is -2.26. The van der Waals surface area contributed by atoms with Crippen molar-refractivity contribution in [2.75, 3.05) is 13.7 Å². The smallest absolute Gasteiger partial charge is 0.338 e. The molecule has 0 fully saturated rings. The number of rotatable bonds is 7. The minimum Gasteiger partial charge on any atom is -0.497 e. The first-order chi connectivity index (χ1) is 13.2. The van der Waals surface area contributed by atoms with Crippen LogP contribution in [0.3, 0.4) is 0 Å². The third-order valence-corrected chi connectivity index (χ3v) is 4.44. The van der Waals surface area contributed by atoms with Crippen molar-refractivity contribution >= 4 is 11.9 Å². The third kappa shape index (κ3) is 5.00. The number of nitrogens with zero attached hydrogens (tertiary/aromatic N) is 1. The van der Waals surface area contributed by atoms with Crippen molar-refractivity contribution in [2.45, 2.75) is 32.2 Å². The van der Waals surface area contributed by atoms with Crippen molar-refractivity contribution in [1.82, 2.24) is 4.90 Å². The molecule has 0 N–H and O–H groups in total. The van der Waals surface area contributed by atoms with E-state index >= 15 is 0 Å². The fourth-order valence-corrected chi connectivity index (χ4v) is 3.01. The lowest BCUT2D eigenvalue weighted by Crippen LogP contribution is -2.34. The van der Waals surface area contributed by atoms with Crippen LogP contribution < -0.4 is 4.74 Å². The first-order valence-corrected chi connectivity index (χ1v) is 9.00. The number of methoxy groups -OCH3 is 1. The van der Waals surface area contributed by atoms with Crippen molar-refractivity contribution in [2.24, 2.45) is 0 Å². The van der Waals surface area contributed by atoms with Crippen LogP contribution in [-0.2, 0) is 16.1 Å². The molecular weight excluding hydrogens is 346 g/mol. The molecule has 0 unspecified atom stereocenters. The zero-order chi connectivity index (χ0) is 19.1. The highest BCUT2D eigenvalue weighted by molar-refractivity contribution is 5.91. The number of carbonyl (C=O) groups is 2. The van der Waals surface area contributed by atoms with Gasteiger partial charge in [-0.25, -0.2) is 4.79 Å². The van der Waals surface area contributed by atoms with Crippen molar-refractivity contribution in [1.29, 1.82) is 0 Å². The fraction of sp³-hybridized carbons (Fsp3) is 0.333. The number of hydrogen-bond acceptors (Lipinski definition) is 5. The van der Waals surface area contributed by atoms with Gasteiger partial charge in [0.25, 0.3) is 5.91 Å². The van der Waals surface area contributed by atoms with E-state index in [0.717, 1.165) is 31.4 Å². The molecule has 0 bridgehead atoms. The lowest BCUT2D eigenvalue weighted by atomic mass is 10.0. The number of esters is 1. The Morgan fingerprint density at radius 2 is 2.07 bits per heavy atom. The summed E-state index contributed by atoms with van der Waals surface area (Å²) in [5.41, 5.74) is 1.30. The topological polar surface area (TPSA) is 69.0 Å². The van der Waals surface area contributed by atoms with Crippen LogP contribution in [-0.4, -0.2) is 30.5 Å². The van der Waals surface area contributed by atoms with Crippen LogP contribution in [0.4, 0.5) is 0 Å². The van der Waals surface area contributed by atoms with Crippen molar-refractivity contribution in [3.8, 4) is 5.75 Å². The minimum atomic E-state index is -0.558. The molecule has 1 amide bonds. The Kier molecular flexibility index (Phi) is 6.30. The van der Waals surface area contributed by atoms with Crippen LogP contribution >= 0.6 is 0 Å². The first kappa shape index (κ1) is 18.8. The molecule has 27 heavy (non-hydrogen) atoms. The Balaban J connectivity index is 1.66. The van der Waals surface area contributed by atoms with Gasteiger partial charge in [0.1, 0.15) is 11.5 Å². The number of benzene rings is 1. The molecule has 1 heterocycles. The molecule has 1 aromatic carbocycles. The van der Waals surface area contributed by atoms with Gasteiger partial charge in [0.05, 0.1) is 25.5 Å². The van der Waals surface area contributed by atoms with Crippen LogP contribution in [0.1, 0.15) is 41.8 Å². The van der Waals surface area contributed by atoms with Crippen molar-refractivity contribution < 1.29 is 23.5 Å². The Bertz CT molecular complexity index is 810. The predicted molar refractivity (Wildman–Crippen MR) is 99.1 cm³/mol. The van der Waals surface area contributed by atoms with E-state index in [1.165, 1.54) is 7.11 Å². The average molecular weight is 369 g/mol. The summed E-state index contributed by atoms with van der Waals surface area (Å²) in [6.45, 7) is 0.00245. The number of allylic oxidation sites excluding steroid dienone is 2. The maximum Gasteiger partial charge on any atom is 0.338 e. The van der Waals surface area contributed by atoms with E-state index in [0.29, 0.717) is 23.6 Å². The second-order valence-corrected chi connectivity index (χ2v) is 6.31. The third-order valence-electron chi connectivity index (χ3n) is 4.44. The van der Waals surface area contributed by atoms with Crippen LogP contribution in [0.25, 0.3) is 0 Å². The maximum atomic E-state index is 12.8. The van der Waals surface area contributed by atoms with Gasteiger partial charge in [0, 0.05) is 5.70 Å². The van der Waals surface area contributed by atoms with E-state index in [9.17, 15) is 9.59 Å². The first-order valence-electron chi connectivity index (χ1n) is 9.00. The summed E-state index contributed by atoms with van der Waals surface area (Å²) >= 11 is 0. The van der Waals surface area contributed by atoms with Gasteiger partial charge in [-0.1, -0.05) is 12.1 Å². The summed E-state index contributed by atoms with van der Waals surface area (Å²) < 4.78 is 15.7. The molecular formula is C21H23NO5. The number of carbonyl (C=O) groups excluding carboxylic acids is 2. The summed E-state index contributed by atoms with van der Waals surface area (Å²) in [4.78, 5) is 26.7. The quantitative estimate of drug-likeness (QED) is 0.692. The van der Waals surface area contributed by atoms with E-state index in [4.69, 9.17) is 13.9 Å². The summed E-state index contributed by atoms with van der Waals surface area (Å²) in [7, 11) is 1.53. The molecule has 1 aromatic heterocycles. The average Bonchev–Trinajstić information content (AvgIpc) is 3.24. The molecule has 0 radical (unpaired) electrons. The van der Waals surface area contributed by atoms with Gasteiger partial charge < -0.3 is 18.8 Å². The molecule has 2 aromatic rings.